The summed E-state index contributed by atoms with van der Waals surface area (Å²) in [5, 5.41) is 6.06. The fourth-order valence-corrected chi connectivity index (χ4v) is 4.58. The average molecular weight is 516 g/mol. The topological polar surface area (TPSA) is 94.2 Å². The van der Waals surface area contributed by atoms with Gasteiger partial charge in [-0.05, 0) is 55.8 Å². The maximum Gasteiger partial charge on any atom is 0.409 e. The van der Waals surface area contributed by atoms with E-state index in [0.29, 0.717) is 69.2 Å². The molecule has 37 heavy (non-hydrogen) atoms. The van der Waals surface area contributed by atoms with Crippen LogP contribution >= 0.6 is 0 Å². The van der Waals surface area contributed by atoms with Gasteiger partial charge >= 0.3 is 6.09 Å². The van der Waals surface area contributed by atoms with Crippen molar-refractivity contribution in [3.05, 3.63) is 59.2 Å². The summed E-state index contributed by atoms with van der Waals surface area (Å²) < 4.78 is 32.0. The minimum atomic E-state index is -1.12. The molecule has 0 spiro atoms. The van der Waals surface area contributed by atoms with Gasteiger partial charge in [0.2, 0.25) is 0 Å². The summed E-state index contributed by atoms with van der Waals surface area (Å²) in [6.07, 6.45) is 1.11. The van der Waals surface area contributed by atoms with Crippen LogP contribution in [0.4, 0.5) is 25.0 Å². The molecule has 2 heterocycles. The lowest BCUT2D eigenvalue weighted by Gasteiger charge is -2.27. The summed E-state index contributed by atoms with van der Waals surface area (Å²) in [6.45, 7) is 4.78. The van der Waals surface area contributed by atoms with Crippen molar-refractivity contribution in [3.8, 4) is 0 Å². The van der Waals surface area contributed by atoms with Gasteiger partial charge in [-0.25, -0.2) is 13.6 Å². The van der Waals surface area contributed by atoms with Gasteiger partial charge in [-0.3, -0.25) is 9.59 Å². The van der Waals surface area contributed by atoms with Crippen molar-refractivity contribution in [3.63, 3.8) is 0 Å². The Kier molecular flexibility index (Phi) is 8.54. The van der Waals surface area contributed by atoms with Gasteiger partial charge in [0.05, 0.1) is 18.5 Å². The standard InChI is InChI=1S/C26H31F2N5O4/c1-37-26(36)33-12-3-11-31(14-15-33)23-7-5-19(25(35)32-10-2-8-29-9-13-32)17-22(23)30-24(34)18-4-6-20(27)21(28)16-18/h4-7,16-17,29H,2-3,8-15H2,1H3,(H,30,34). The number of halogens is 2. The van der Waals surface area contributed by atoms with E-state index in [1.54, 1.807) is 28.0 Å². The molecule has 0 saturated carbocycles. The predicted molar refractivity (Wildman–Crippen MR) is 135 cm³/mol. The third-order valence-electron chi connectivity index (χ3n) is 6.57. The first kappa shape index (κ1) is 26.3. The van der Waals surface area contributed by atoms with Crippen molar-refractivity contribution >= 4 is 29.3 Å². The first-order valence-corrected chi connectivity index (χ1v) is 12.4. The predicted octanol–water partition coefficient (Wildman–Crippen LogP) is 2.93. The Hall–Kier alpha value is -3.73. The van der Waals surface area contributed by atoms with Gasteiger partial charge < -0.3 is 30.1 Å². The Bertz CT molecular complexity index is 1150. The molecule has 198 valence electrons. The summed E-state index contributed by atoms with van der Waals surface area (Å²) >= 11 is 0. The molecule has 0 bridgehead atoms. The molecule has 0 unspecified atom stereocenters. The van der Waals surface area contributed by atoms with Crippen LogP contribution in [0.5, 0.6) is 0 Å². The van der Waals surface area contributed by atoms with Gasteiger partial charge in [0.25, 0.3) is 11.8 Å². The van der Waals surface area contributed by atoms with Crippen molar-refractivity contribution in [2.75, 3.05) is 69.7 Å². The zero-order valence-corrected chi connectivity index (χ0v) is 20.8. The number of ether oxygens (including phenoxy) is 1. The fraction of sp³-hybridized carbons (Fsp3) is 0.423. The highest BCUT2D eigenvalue weighted by Gasteiger charge is 2.24. The smallest absolute Gasteiger partial charge is 0.409 e. The molecule has 0 aromatic heterocycles. The van der Waals surface area contributed by atoms with E-state index in [4.69, 9.17) is 4.74 Å². The molecule has 0 atom stereocenters. The summed E-state index contributed by atoms with van der Waals surface area (Å²) in [5.74, 6) is -2.94. The Balaban J connectivity index is 1.63. The Morgan fingerprint density at radius 1 is 0.838 bits per heavy atom. The molecule has 3 amide bonds. The molecule has 2 aromatic carbocycles. The van der Waals surface area contributed by atoms with E-state index in [9.17, 15) is 23.2 Å². The second kappa shape index (κ2) is 12.0. The molecule has 9 nitrogen and oxygen atoms in total. The lowest BCUT2D eigenvalue weighted by Crippen LogP contribution is -2.35. The van der Waals surface area contributed by atoms with Crippen molar-refractivity contribution < 1.29 is 27.9 Å². The summed E-state index contributed by atoms with van der Waals surface area (Å²) in [6, 6.07) is 8.06. The highest BCUT2D eigenvalue weighted by atomic mass is 19.2. The van der Waals surface area contributed by atoms with Crippen LogP contribution in [0.1, 0.15) is 33.6 Å². The third-order valence-corrected chi connectivity index (χ3v) is 6.57. The molecule has 4 rings (SSSR count). The molecule has 0 radical (unpaired) electrons. The van der Waals surface area contributed by atoms with Gasteiger partial charge in [-0.2, -0.15) is 0 Å². The van der Waals surface area contributed by atoms with Crippen LogP contribution in [0, 0.1) is 11.6 Å². The maximum atomic E-state index is 13.8. The SMILES string of the molecule is COC(=O)N1CCCN(c2ccc(C(=O)N3CCCNCC3)cc2NC(=O)c2ccc(F)c(F)c2)CC1. The van der Waals surface area contributed by atoms with E-state index in [0.717, 1.165) is 25.1 Å². The number of nitrogens with zero attached hydrogens (tertiary/aromatic N) is 3. The van der Waals surface area contributed by atoms with Gasteiger partial charge in [0.15, 0.2) is 11.6 Å². The Labute approximate surface area is 214 Å². The number of amides is 3. The molecule has 2 fully saturated rings. The summed E-state index contributed by atoms with van der Waals surface area (Å²) in [4.78, 5) is 43.7. The second-order valence-electron chi connectivity index (χ2n) is 9.01. The van der Waals surface area contributed by atoms with Crippen LogP contribution in [-0.4, -0.2) is 87.2 Å². The van der Waals surface area contributed by atoms with Crippen LogP contribution in [0.3, 0.4) is 0 Å². The Morgan fingerprint density at radius 2 is 1.62 bits per heavy atom. The van der Waals surface area contributed by atoms with Crippen molar-refractivity contribution in [1.29, 1.82) is 0 Å². The lowest BCUT2D eigenvalue weighted by molar-refractivity contribution is 0.0766. The Morgan fingerprint density at radius 3 is 2.41 bits per heavy atom. The third kappa shape index (κ3) is 6.34. The van der Waals surface area contributed by atoms with Crippen LogP contribution in [0.15, 0.2) is 36.4 Å². The molecule has 2 aliphatic rings. The number of carbonyl (C=O) groups is 3. The molecule has 2 aliphatic heterocycles. The molecular weight excluding hydrogens is 484 g/mol. The summed E-state index contributed by atoms with van der Waals surface area (Å²) in [5.41, 5.74) is 1.40. The molecular formula is C26H31F2N5O4. The molecule has 2 saturated heterocycles. The van der Waals surface area contributed by atoms with Gasteiger partial charge in [-0.1, -0.05) is 0 Å². The average Bonchev–Trinajstić information content (AvgIpc) is 3.33. The zero-order valence-electron chi connectivity index (χ0n) is 20.8. The second-order valence-corrected chi connectivity index (χ2v) is 9.01. The van der Waals surface area contributed by atoms with Crippen molar-refractivity contribution in [1.82, 2.24) is 15.1 Å². The van der Waals surface area contributed by atoms with Crippen LogP contribution < -0.4 is 15.5 Å². The number of anilines is 2. The number of hydrogen-bond acceptors (Lipinski definition) is 6. The number of hydrogen-bond donors (Lipinski definition) is 2. The van der Waals surface area contributed by atoms with E-state index in [1.165, 1.54) is 13.2 Å². The minimum absolute atomic E-state index is 0.0482. The van der Waals surface area contributed by atoms with Crippen molar-refractivity contribution in [2.45, 2.75) is 12.8 Å². The van der Waals surface area contributed by atoms with E-state index in [1.807, 2.05) is 4.90 Å². The maximum absolute atomic E-state index is 13.8. The van der Waals surface area contributed by atoms with Crippen LogP contribution in [0.2, 0.25) is 0 Å². The minimum Gasteiger partial charge on any atom is -0.453 e. The van der Waals surface area contributed by atoms with Crippen molar-refractivity contribution in [2.24, 2.45) is 0 Å². The van der Waals surface area contributed by atoms with E-state index in [-0.39, 0.29) is 11.5 Å². The quantitative estimate of drug-likeness (QED) is 0.651. The zero-order chi connectivity index (χ0) is 26.4. The van der Waals surface area contributed by atoms with Crippen LogP contribution in [-0.2, 0) is 4.74 Å². The highest BCUT2D eigenvalue weighted by molar-refractivity contribution is 6.07. The van der Waals surface area contributed by atoms with Gasteiger partial charge in [-0.15, -0.1) is 0 Å². The number of carbonyl (C=O) groups excluding carboxylic acids is 3. The van der Waals surface area contributed by atoms with Gasteiger partial charge in [0.1, 0.15) is 0 Å². The molecule has 0 aliphatic carbocycles. The van der Waals surface area contributed by atoms with E-state index < -0.39 is 23.6 Å². The first-order chi connectivity index (χ1) is 17.9. The molecule has 11 heteroatoms. The fourth-order valence-electron chi connectivity index (χ4n) is 4.58. The van der Waals surface area contributed by atoms with Crippen LogP contribution in [0.25, 0.3) is 0 Å². The number of nitrogens with one attached hydrogen (secondary N) is 2. The number of benzene rings is 2. The normalized spacial score (nSPS) is 16.6. The largest absolute Gasteiger partial charge is 0.453 e. The number of rotatable bonds is 4. The lowest BCUT2D eigenvalue weighted by atomic mass is 10.1. The van der Waals surface area contributed by atoms with E-state index >= 15 is 0 Å². The van der Waals surface area contributed by atoms with E-state index in [2.05, 4.69) is 10.6 Å². The molecule has 2 N–H and O–H groups in total. The number of methoxy groups -OCH3 is 1. The highest BCUT2D eigenvalue weighted by Crippen LogP contribution is 2.30. The monoisotopic (exact) mass is 515 g/mol. The first-order valence-electron chi connectivity index (χ1n) is 12.4. The molecule has 2 aromatic rings. The summed E-state index contributed by atoms with van der Waals surface area (Å²) in [7, 11) is 1.34. The van der Waals surface area contributed by atoms with Gasteiger partial charge in [0, 0.05) is 56.9 Å².